The van der Waals surface area contributed by atoms with Crippen molar-refractivity contribution < 1.29 is 5.11 Å². The van der Waals surface area contributed by atoms with Crippen LogP contribution in [0.25, 0.3) is 0 Å². The van der Waals surface area contributed by atoms with Crippen molar-refractivity contribution in [3.8, 4) is 0 Å². The number of nitrogens with zero attached hydrogens (tertiary/aromatic N) is 2. The lowest BCUT2D eigenvalue weighted by Gasteiger charge is -2.20. The fraction of sp³-hybridized carbons (Fsp3) is 0.667. The summed E-state index contributed by atoms with van der Waals surface area (Å²) in [6.45, 7) is 7.52. The molecule has 1 aromatic heterocycles. The van der Waals surface area contributed by atoms with Crippen LogP contribution in [-0.4, -0.2) is 36.3 Å². The molecule has 1 fully saturated rings. The topological polar surface area (TPSA) is 48.4 Å². The van der Waals surface area contributed by atoms with Gasteiger partial charge in [-0.2, -0.15) is 0 Å². The summed E-state index contributed by atoms with van der Waals surface area (Å²) < 4.78 is 0. The number of anilines is 1. The zero-order valence-corrected chi connectivity index (χ0v) is 12.0. The van der Waals surface area contributed by atoms with Crippen LogP contribution in [0.4, 0.5) is 5.69 Å². The summed E-state index contributed by atoms with van der Waals surface area (Å²) in [5.74, 6) is 0.421. The highest BCUT2D eigenvalue weighted by Gasteiger charge is 2.22. The number of hydrogen-bond donors (Lipinski definition) is 2. The Morgan fingerprint density at radius 3 is 2.84 bits per heavy atom. The number of nitrogens with one attached hydrogen (secondary N) is 1. The SMILES string of the molecule is CCNC(CC)c1ccc(N2CCC(CO)C2)cn1. The molecule has 0 spiro atoms. The molecular formula is C15H25N3O. The van der Waals surface area contributed by atoms with Crippen LogP contribution >= 0.6 is 0 Å². The molecule has 0 saturated carbocycles. The van der Waals surface area contributed by atoms with Gasteiger partial charge in [0.1, 0.15) is 0 Å². The van der Waals surface area contributed by atoms with E-state index in [-0.39, 0.29) is 0 Å². The minimum atomic E-state index is 0.292. The minimum absolute atomic E-state index is 0.292. The average Bonchev–Trinajstić information content (AvgIpc) is 2.94. The molecule has 0 radical (unpaired) electrons. The number of pyridine rings is 1. The molecule has 0 bridgehead atoms. The largest absolute Gasteiger partial charge is 0.396 e. The monoisotopic (exact) mass is 263 g/mol. The molecular weight excluding hydrogens is 238 g/mol. The lowest BCUT2D eigenvalue weighted by Crippen LogP contribution is -2.23. The maximum Gasteiger partial charge on any atom is 0.0574 e. The first kappa shape index (κ1) is 14.3. The molecule has 1 aliphatic heterocycles. The molecule has 2 heterocycles. The van der Waals surface area contributed by atoms with Gasteiger partial charge in [0.05, 0.1) is 17.6 Å². The van der Waals surface area contributed by atoms with E-state index in [2.05, 4.69) is 41.2 Å². The molecule has 1 saturated heterocycles. The first-order chi connectivity index (χ1) is 9.28. The second-order valence-corrected chi connectivity index (χ2v) is 5.24. The fourth-order valence-electron chi connectivity index (χ4n) is 2.71. The molecule has 2 unspecified atom stereocenters. The van der Waals surface area contributed by atoms with E-state index >= 15 is 0 Å². The molecule has 2 N–H and O–H groups in total. The average molecular weight is 263 g/mol. The summed E-state index contributed by atoms with van der Waals surface area (Å²) in [6, 6.07) is 4.63. The lowest BCUT2D eigenvalue weighted by atomic mass is 10.1. The molecule has 4 nitrogen and oxygen atoms in total. The number of aliphatic hydroxyl groups is 1. The Morgan fingerprint density at radius 1 is 1.47 bits per heavy atom. The van der Waals surface area contributed by atoms with Crippen LogP contribution in [0.2, 0.25) is 0 Å². The van der Waals surface area contributed by atoms with Crippen LogP contribution in [0, 0.1) is 5.92 Å². The van der Waals surface area contributed by atoms with Gasteiger partial charge in [-0.1, -0.05) is 13.8 Å². The number of hydrogen-bond acceptors (Lipinski definition) is 4. The van der Waals surface area contributed by atoms with E-state index in [1.807, 2.05) is 6.20 Å². The van der Waals surface area contributed by atoms with Crippen molar-refractivity contribution in [2.45, 2.75) is 32.7 Å². The van der Waals surface area contributed by atoms with E-state index in [1.165, 1.54) is 5.69 Å². The molecule has 2 atom stereocenters. The smallest absolute Gasteiger partial charge is 0.0574 e. The van der Waals surface area contributed by atoms with E-state index < -0.39 is 0 Å². The lowest BCUT2D eigenvalue weighted by molar-refractivity contribution is 0.238. The van der Waals surface area contributed by atoms with Crippen LogP contribution in [0.15, 0.2) is 18.3 Å². The van der Waals surface area contributed by atoms with Gasteiger partial charge in [-0.15, -0.1) is 0 Å². The van der Waals surface area contributed by atoms with Crippen LogP contribution in [0.1, 0.15) is 38.4 Å². The Labute approximate surface area is 115 Å². The van der Waals surface area contributed by atoms with Gasteiger partial charge in [-0.05, 0) is 31.5 Å². The quantitative estimate of drug-likeness (QED) is 0.824. The number of aliphatic hydroxyl groups excluding tert-OH is 1. The summed E-state index contributed by atoms with van der Waals surface area (Å²) in [4.78, 5) is 6.91. The van der Waals surface area contributed by atoms with Gasteiger partial charge in [0.2, 0.25) is 0 Å². The van der Waals surface area contributed by atoms with Gasteiger partial charge in [-0.3, -0.25) is 4.98 Å². The van der Waals surface area contributed by atoms with E-state index in [1.54, 1.807) is 0 Å². The van der Waals surface area contributed by atoms with Crippen molar-refractivity contribution in [2.24, 2.45) is 5.92 Å². The minimum Gasteiger partial charge on any atom is -0.396 e. The number of aromatic nitrogens is 1. The van der Waals surface area contributed by atoms with Crippen LogP contribution in [-0.2, 0) is 0 Å². The first-order valence-electron chi connectivity index (χ1n) is 7.33. The Morgan fingerprint density at radius 2 is 2.32 bits per heavy atom. The second kappa shape index (κ2) is 6.87. The zero-order valence-electron chi connectivity index (χ0n) is 12.0. The van der Waals surface area contributed by atoms with Gasteiger partial charge >= 0.3 is 0 Å². The van der Waals surface area contributed by atoms with E-state index in [4.69, 9.17) is 0 Å². The molecule has 2 rings (SSSR count). The Balaban J connectivity index is 2.02. The van der Waals surface area contributed by atoms with Crippen molar-refractivity contribution >= 4 is 5.69 Å². The van der Waals surface area contributed by atoms with Crippen molar-refractivity contribution in [3.63, 3.8) is 0 Å². The van der Waals surface area contributed by atoms with Crippen molar-refractivity contribution in [3.05, 3.63) is 24.0 Å². The first-order valence-corrected chi connectivity index (χ1v) is 7.33. The van der Waals surface area contributed by atoms with Crippen molar-refractivity contribution in [1.29, 1.82) is 0 Å². The molecule has 1 aromatic rings. The molecule has 0 amide bonds. The van der Waals surface area contributed by atoms with E-state index in [0.29, 0.717) is 18.6 Å². The maximum absolute atomic E-state index is 9.19. The fourth-order valence-corrected chi connectivity index (χ4v) is 2.71. The van der Waals surface area contributed by atoms with E-state index in [0.717, 1.165) is 38.2 Å². The van der Waals surface area contributed by atoms with Crippen molar-refractivity contribution in [1.82, 2.24) is 10.3 Å². The third kappa shape index (κ3) is 3.45. The van der Waals surface area contributed by atoms with Crippen LogP contribution < -0.4 is 10.2 Å². The summed E-state index contributed by atoms with van der Waals surface area (Å²) in [7, 11) is 0. The van der Waals surface area contributed by atoms with Gasteiger partial charge in [0.15, 0.2) is 0 Å². The highest BCUT2D eigenvalue weighted by molar-refractivity contribution is 5.45. The summed E-state index contributed by atoms with van der Waals surface area (Å²) in [5, 5.41) is 12.6. The normalized spacial score (nSPS) is 20.8. The summed E-state index contributed by atoms with van der Waals surface area (Å²) in [5.41, 5.74) is 2.29. The second-order valence-electron chi connectivity index (χ2n) is 5.24. The van der Waals surface area contributed by atoms with Gasteiger partial charge in [0.25, 0.3) is 0 Å². The molecule has 4 heteroatoms. The summed E-state index contributed by atoms with van der Waals surface area (Å²) >= 11 is 0. The van der Waals surface area contributed by atoms with E-state index in [9.17, 15) is 5.11 Å². The van der Waals surface area contributed by atoms with Gasteiger partial charge < -0.3 is 15.3 Å². The Kier molecular flexibility index (Phi) is 5.16. The molecule has 0 aliphatic carbocycles. The van der Waals surface area contributed by atoms with Gasteiger partial charge in [-0.25, -0.2) is 0 Å². The van der Waals surface area contributed by atoms with Gasteiger partial charge in [0, 0.05) is 31.7 Å². The predicted octanol–water partition coefficient (Wildman–Crippen LogP) is 1.96. The van der Waals surface area contributed by atoms with Crippen LogP contribution in [0.5, 0.6) is 0 Å². The van der Waals surface area contributed by atoms with Crippen LogP contribution in [0.3, 0.4) is 0 Å². The molecule has 0 aromatic carbocycles. The highest BCUT2D eigenvalue weighted by Crippen LogP contribution is 2.24. The molecule has 19 heavy (non-hydrogen) atoms. The molecule has 1 aliphatic rings. The zero-order chi connectivity index (χ0) is 13.7. The van der Waals surface area contributed by atoms with Crippen molar-refractivity contribution in [2.75, 3.05) is 31.1 Å². The summed E-state index contributed by atoms with van der Waals surface area (Å²) in [6.07, 6.45) is 4.10. The predicted molar refractivity (Wildman–Crippen MR) is 78.4 cm³/mol. The number of rotatable bonds is 6. The Bertz CT molecular complexity index is 379. The standard InChI is InChI=1S/C15H25N3O/c1-3-14(16-4-2)15-6-5-13(9-17-15)18-8-7-12(10-18)11-19/h5-6,9,12,14,16,19H,3-4,7-8,10-11H2,1-2H3. The highest BCUT2D eigenvalue weighted by atomic mass is 16.3. The Hall–Kier alpha value is -1.13. The third-order valence-corrected chi connectivity index (χ3v) is 3.90. The maximum atomic E-state index is 9.19. The third-order valence-electron chi connectivity index (χ3n) is 3.90. The molecule has 106 valence electrons.